The van der Waals surface area contributed by atoms with E-state index in [9.17, 15) is 9.90 Å². The molecule has 6 rings (SSSR count). The van der Waals surface area contributed by atoms with Gasteiger partial charge in [0.25, 0.3) is 0 Å². The predicted octanol–water partition coefficient (Wildman–Crippen LogP) is 6.49. The van der Waals surface area contributed by atoms with E-state index in [0.29, 0.717) is 18.6 Å². The first-order valence-corrected chi connectivity index (χ1v) is 12.2. The number of aryl methyl sites for hydroxylation is 2. The van der Waals surface area contributed by atoms with Gasteiger partial charge in [-0.1, -0.05) is 53.7 Å². The van der Waals surface area contributed by atoms with E-state index < -0.39 is 11.4 Å². The summed E-state index contributed by atoms with van der Waals surface area (Å²) in [5.41, 5.74) is 5.79. The van der Waals surface area contributed by atoms with E-state index in [1.54, 1.807) is 17.7 Å². The number of anilines is 2. The number of hydrogen-bond acceptors (Lipinski definition) is 7. The van der Waals surface area contributed by atoms with Gasteiger partial charge >= 0.3 is 5.97 Å². The van der Waals surface area contributed by atoms with E-state index in [4.69, 9.17) is 4.52 Å². The normalized spacial score (nSPS) is 14.2. The first kappa shape index (κ1) is 21.5. The Morgan fingerprint density at radius 2 is 1.66 bits per heavy atom. The Hall–Kier alpha value is -4.04. The lowest BCUT2D eigenvalue weighted by Gasteiger charge is -2.11. The summed E-state index contributed by atoms with van der Waals surface area (Å²) < 4.78 is 5.70. The third-order valence-corrected chi connectivity index (χ3v) is 7.74. The number of hydrogen-bond donors (Lipinski definition) is 2. The number of carbonyl (C=O) groups is 1. The van der Waals surface area contributed by atoms with Gasteiger partial charge in [-0.15, -0.1) is 11.3 Å². The Balaban J connectivity index is 1.29. The number of carboxylic acid groups (broad SMARTS) is 1. The molecule has 1 aliphatic rings. The minimum Gasteiger partial charge on any atom is -0.481 e. The maximum atomic E-state index is 11.6. The van der Waals surface area contributed by atoms with E-state index in [-0.39, 0.29) is 0 Å². The molecule has 5 aromatic rings. The van der Waals surface area contributed by atoms with Crippen LogP contribution in [-0.2, 0) is 10.2 Å². The highest BCUT2D eigenvalue weighted by Crippen LogP contribution is 2.48. The van der Waals surface area contributed by atoms with Crippen molar-refractivity contribution in [2.24, 2.45) is 0 Å². The predicted molar refractivity (Wildman–Crippen MR) is 136 cm³/mol. The summed E-state index contributed by atoms with van der Waals surface area (Å²) >= 11 is 1.59. The van der Waals surface area contributed by atoms with Crippen molar-refractivity contribution >= 4 is 39.0 Å². The topological polar surface area (TPSA) is 101 Å². The van der Waals surface area contributed by atoms with E-state index in [0.717, 1.165) is 55.2 Å². The van der Waals surface area contributed by atoms with Crippen molar-refractivity contribution in [3.05, 3.63) is 77.1 Å². The second kappa shape index (κ2) is 8.02. The monoisotopic (exact) mass is 482 g/mol. The van der Waals surface area contributed by atoms with Crippen molar-refractivity contribution in [2.75, 3.05) is 5.32 Å². The molecule has 0 amide bonds. The van der Waals surface area contributed by atoms with Gasteiger partial charge in [-0.25, -0.2) is 9.97 Å². The fourth-order valence-electron chi connectivity index (χ4n) is 4.49. The molecule has 35 heavy (non-hydrogen) atoms. The lowest BCUT2D eigenvalue weighted by atomic mass is 9.93. The van der Waals surface area contributed by atoms with Crippen LogP contribution in [0, 0.1) is 13.8 Å². The van der Waals surface area contributed by atoms with Crippen molar-refractivity contribution in [1.29, 1.82) is 0 Å². The average molecular weight is 483 g/mol. The highest BCUT2D eigenvalue weighted by molar-refractivity contribution is 7.17. The molecule has 7 nitrogen and oxygen atoms in total. The van der Waals surface area contributed by atoms with Gasteiger partial charge in [-0.2, -0.15) is 0 Å². The maximum Gasteiger partial charge on any atom is 0.314 e. The SMILES string of the molecule is Cc1noc(-c2ccc(-c3ccc(C4(C(=O)O)CC4)cc3)cc2)c1Nc1ncnc2scc(C)c12. The van der Waals surface area contributed by atoms with Gasteiger partial charge < -0.3 is 14.9 Å². The lowest BCUT2D eigenvalue weighted by molar-refractivity contribution is -0.140. The van der Waals surface area contributed by atoms with Gasteiger partial charge in [-0.05, 0) is 54.3 Å². The molecule has 3 aromatic heterocycles. The van der Waals surface area contributed by atoms with Crippen molar-refractivity contribution in [2.45, 2.75) is 32.1 Å². The Bertz CT molecular complexity index is 1560. The molecule has 0 radical (unpaired) electrons. The number of carboxylic acids is 1. The van der Waals surface area contributed by atoms with Crippen LogP contribution < -0.4 is 5.32 Å². The summed E-state index contributed by atoms with van der Waals surface area (Å²) in [6.45, 7) is 3.94. The number of aliphatic carboxylic acids is 1. The lowest BCUT2D eigenvalue weighted by Crippen LogP contribution is -2.19. The molecular weight excluding hydrogens is 460 g/mol. The van der Waals surface area contributed by atoms with Crippen LogP contribution in [0.5, 0.6) is 0 Å². The number of thiophene rings is 1. The minimum atomic E-state index is -0.738. The number of nitrogens with zero attached hydrogens (tertiary/aromatic N) is 3. The average Bonchev–Trinajstić information content (AvgIpc) is 3.51. The molecular formula is C27H22N4O3S. The van der Waals surface area contributed by atoms with Crippen LogP contribution >= 0.6 is 11.3 Å². The highest BCUT2D eigenvalue weighted by Gasteiger charge is 2.51. The summed E-state index contributed by atoms with van der Waals surface area (Å²) in [6, 6.07) is 15.9. The zero-order valence-electron chi connectivity index (χ0n) is 19.2. The summed E-state index contributed by atoms with van der Waals surface area (Å²) in [5, 5.41) is 20.2. The second-order valence-corrected chi connectivity index (χ2v) is 9.82. The van der Waals surface area contributed by atoms with Crippen LogP contribution in [0.25, 0.3) is 32.7 Å². The number of rotatable bonds is 6. The van der Waals surface area contributed by atoms with Gasteiger partial charge in [0.05, 0.1) is 10.8 Å². The molecule has 0 aliphatic heterocycles. The van der Waals surface area contributed by atoms with E-state index >= 15 is 0 Å². The Labute approximate surface area is 205 Å². The zero-order valence-corrected chi connectivity index (χ0v) is 20.0. The summed E-state index contributed by atoms with van der Waals surface area (Å²) in [5.74, 6) is 0.632. The largest absolute Gasteiger partial charge is 0.481 e. The van der Waals surface area contributed by atoms with Crippen LogP contribution in [0.1, 0.15) is 29.7 Å². The van der Waals surface area contributed by atoms with Crippen molar-refractivity contribution in [3.63, 3.8) is 0 Å². The number of aromatic nitrogens is 3. The van der Waals surface area contributed by atoms with E-state index in [1.807, 2.05) is 62.4 Å². The van der Waals surface area contributed by atoms with Gasteiger partial charge in [0.2, 0.25) is 0 Å². The van der Waals surface area contributed by atoms with Crippen LogP contribution in [0.3, 0.4) is 0 Å². The fraction of sp³-hybridized carbons (Fsp3) is 0.185. The highest BCUT2D eigenvalue weighted by atomic mass is 32.1. The van der Waals surface area contributed by atoms with Gasteiger partial charge in [0.1, 0.15) is 28.4 Å². The maximum absolute atomic E-state index is 11.6. The van der Waals surface area contributed by atoms with Crippen LogP contribution in [0.2, 0.25) is 0 Å². The Kier molecular flexibility index (Phi) is 4.93. The Morgan fingerprint density at radius 3 is 2.31 bits per heavy atom. The van der Waals surface area contributed by atoms with Crippen LogP contribution in [0.15, 0.2) is 64.8 Å². The molecule has 0 spiro atoms. The Morgan fingerprint density at radius 1 is 1.00 bits per heavy atom. The third-order valence-electron chi connectivity index (χ3n) is 6.74. The van der Waals surface area contributed by atoms with E-state index in [1.165, 1.54) is 0 Å². The molecule has 8 heteroatoms. The minimum absolute atomic E-state index is 0.640. The van der Waals surface area contributed by atoms with E-state index in [2.05, 4.69) is 25.8 Å². The van der Waals surface area contributed by atoms with Crippen molar-refractivity contribution in [1.82, 2.24) is 15.1 Å². The molecule has 0 saturated heterocycles. The van der Waals surface area contributed by atoms with Crippen molar-refractivity contribution in [3.8, 4) is 22.5 Å². The summed E-state index contributed by atoms with van der Waals surface area (Å²) in [7, 11) is 0. The molecule has 1 fully saturated rings. The van der Waals surface area contributed by atoms with Crippen LogP contribution in [0.4, 0.5) is 11.5 Å². The number of benzene rings is 2. The van der Waals surface area contributed by atoms with Crippen molar-refractivity contribution < 1.29 is 14.4 Å². The number of nitrogens with one attached hydrogen (secondary N) is 1. The molecule has 2 N–H and O–H groups in total. The van der Waals surface area contributed by atoms with Gasteiger partial charge in [0, 0.05) is 5.56 Å². The molecule has 2 aromatic carbocycles. The van der Waals surface area contributed by atoms with Gasteiger partial charge in [-0.3, -0.25) is 4.79 Å². The first-order valence-electron chi connectivity index (χ1n) is 11.3. The molecule has 3 heterocycles. The zero-order chi connectivity index (χ0) is 24.2. The fourth-order valence-corrected chi connectivity index (χ4v) is 5.38. The first-order chi connectivity index (χ1) is 17.0. The quantitative estimate of drug-likeness (QED) is 0.285. The molecule has 0 unspecified atom stereocenters. The smallest absolute Gasteiger partial charge is 0.314 e. The standard InChI is InChI=1S/C27H22N4O3S/c1-15-13-35-25-21(15)24(28-14-29-25)30-22-16(2)31-34-23(22)19-5-3-17(4-6-19)18-7-9-20(10-8-18)27(11-12-27)26(32)33/h3-10,13-14H,11-12H2,1-2H3,(H,32,33)(H,28,29,30). The molecule has 0 atom stereocenters. The summed E-state index contributed by atoms with van der Waals surface area (Å²) in [6.07, 6.45) is 2.97. The second-order valence-electron chi connectivity index (χ2n) is 8.96. The molecule has 0 bridgehead atoms. The molecule has 1 saturated carbocycles. The van der Waals surface area contributed by atoms with Crippen LogP contribution in [-0.4, -0.2) is 26.2 Å². The molecule has 1 aliphatic carbocycles. The summed E-state index contributed by atoms with van der Waals surface area (Å²) in [4.78, 5) is 21.4. The molecule has 174 valence electrons. The number of fused-ring (bicyclic) bond motifs is 1. The third kappa shape index (κ3) is 3.57. The van der Waals surface area contributed by atoms with Gasteiger partial charge in [0.15, 0.2) is 5.76 Å².